The molecule has 11 nitrogen and oxygen atoms in total. The molecule has 0 spiro atoms. The van der Waals surface area contributed by atoms with E-state index in [1.54, 1.807) is 13.2 Å². The molecule has 6 rings (SSSR count). The number of likely N-dealkylation sites (N-methyl/N-ethyl adjacent to an activating group) is 1. The van der Waals surface area contributed by atoms with Gasteiger partial charge in [0.15, 0.2) is 5.65 Å². The number of rotatable bonds is 7. The highest BCUT2D eigenvalue weighted by molar-refractivity contribution is 5.99. The number of carbonyl (C=O) groups is 1. The van der Waals surface area contributed by atoms with E-state index in [-0.39, 0.29) is 12.6 Å². The zero-order valence-electron chi connectivity index (χ0n) is 24.2. The minimum atomic E-state index is -0.565. The van der Waals surface area contributed by atoms with Crippen molar-refractivity contribution in [2.75, 3.05) is 51.4 Å². The molecule has 0 unspecified atom stereocenters. The Morgan fingerprint density at radius 2 is 1.74 bits per heavy atom. The van der Waals surface area contributed by atoms with Crippen molar-refractivity contribution in [3.05, 3.63) is 60.4 Å². The van der Waals surface area contributed by atoms with E-state index in [1.807, 2.05) is 47.1 Å². The predicted octanol–water partition coefficient (Wildman–Crippen LogP) is 4.56. The number of ether oxygens (including phenoxy) is 2. The Morgan fingerprint density at radius 3 is 2.48 bits per heavy atom. The molecule has 1 amide bonds. The topological polar surface area (TPSA) is 124 Å². The fraction of sp³-hybridized carbons (Fsp3) is 0.419. The number of benzene rings is 2. The first kappa shape index (κ1) is 27.9. The van der Waals surface area contributed by atoms with Gasteiger partial charge in [-0.2, -0.15) is 5.10 Å². The maximum atomic E-state index is 12.5. The van der Waals surface area contributed by atoms with Gasteiger partial charge in [0.25, 0.3) is 0 Å². The smallest absolute Gasteiger partial charge is 0.412 e. The monoisotopic (exact) mass is 570 g/mol. The van der Waals surface area contributed by atoms with Gasteiger partial charge < -0.3 is 20.1 Å². The van der Waals surface area contributed by atoms with Crippen LogP contribution in [0.25, 0.3) is 22.3 Å². The highest BCUT2D eigenvalue weighted by atomic mass is 16.5. The van der Waals surface area contributed by atoms with Gasteiger partial charge in [-0.25, -0.2) is 19.4 Å². The van der Waals surface area contributed by atoms with Gasteiger partial charge in [-0.05, 0) is 50.4 Å². The van der Waals surface area contributed by atoms with Gasteiger partial charge in [-0.1, -0.05) is 36.4 Å². The number of amides is 1. The number of anilines is 2. The maximum absolute atomic E-state index is 12.5. The quantitative estimate of drug-likeness (QED) is 0.329. The van der Waals surface area contributed by atoms with E-state index < -0.39 is 6.09 Å². The molecule has 1 saturated carbocycles. The third kappa shape index (κ3) is 5.88. The first-order chi connectivity index (χ1) is 20.5. The molecule has 220 valence electrons. The highest BCUT2D eigenvalue weighted by Gasteiger charge is 2.31. The molecule has 3 heterocycles. The Hall–Kier alpha value is -4.22. The fourth-order valence-electron chi connectivity index (χ4n) is 6.12. The van der Waals surface area contributed by atoms with E-state index in [2.05, 4.69) is 32.1 Å². The Kier molecular flexibility index (Phi) is 8.20. The molecule has 0 atom stereocenters. The van der Waals surface area contributed by atoms with Gasteiger partial charge in [0, 0.05) is 37.8 Å². The molecular weight excluding hydrogens is 532 g/mol. The van der Waals surface area contributed by atoms with Crippen LogP contribution in [0.4, 0.5) is 16.3 Å². The van der Waals surface area contributed by atoms with Crippen LogP contribution < -0.4 is 15.8 Å². The molecule has 0 radical (unpaired) electrons. The molecule has 1 aliphatic heterocycles. The van der Waals surface area contributed by atoms with Crippen LogP contribution in [0.5, 0.6) is 5.75 Å². The summed E-state index contributed by atoms with van der Waals surface area (Å²) in [5.74, 6) is 0.869. The van der Waals surface area contributed by atoms with E-state index in [4.69, 9.17) is 20.3 Å². The lowest BCUT2D eigenvalue weighted by atomic mass is 9.90. The number of aromatic nitrogens is 4. The molecule has 4 aromatic rings. The van der Waals surface area contributed by atoms with Crippen LogP contribution in [0.3, 0.4) is 0 Å². The maximum Gasteiger partial charge on any atom is 0.412 e. The highest BCUT2D eigenvalue weighted by Crippen LogP contribution is 2.39. The minimum absolute atomic E-state index is 0.174. The van der Waals surface area contributed by atoms with E-state index in [9.17, 15) is 4.79 Å². The molecule has 2 aromatic carbocycles. The van der Waals surface area contributed by atoms with Crippen LogP contribution in [0, 0.1) is 0 Å². The molecule has 0 bridgehead atoms. The van der Waals surface area contributed by atoms with Crippen molar-refractivity contribution in [2.45, 2.75) is 44.4 Å². The average Bonchev–Trinajstić information content (AvgIpc) is 3.42. The minimum Gasteiger partial charge on any atom is -0.495 e. The SMILES string of the molecule is COc1cc(-c2nn(C3CCC(N4CCN(C)CC4)CC3)c3ncnc(N)c23)ccc1NC(=O)OCc1ccccc1. The standard InChI is InChI=1S/C31H38N8O3/c1-37-14-16-38(17-15-37)23-9-11-24(12-10-23)39-30-27(29(32)33-20-34-30)28(36-39)22-8-13-25(26(18-22)41-2)35-31(40)42-19-21-6-4-3-5-7-21/h3-8,13,18,20,23-24H,9-12,14-17,19H2,1-2H3,(H,35,40)(H2,32,33,34). The Bertz CT molecular complexity index is 1530. The van der Waals surface area contributed by atoms with Crippen molar-refractivity contribution < 1.29 is 14.3 Å². The van der Waals surface area contributed by atoms with E-state index in [0.29, 0.717) is 29.0 Å². The summed E-state index contributed by atoms with van der Waals surface area (Å²) in [7, 11) is 3.76. The Morgan fingerprint density at radius 1 is 1.00 bits per heavy atom. The summed E-state index contributed by atoms with van der Waals surface area (Å²) in [6.45, 7) is 4.72. The Labute approximate surface area is 245 Å². The molecule has 2 fully saturated rings. The molecule has 3 N–H and O–H groups in total. The molecule has 1 aliphatic carbocycles. The van der Waals surface area contributed by atoms with Crippen molar-refractivity contribution in [2.24, 2.45) is 0 Å². The number of nitrogens with two attached hydrogens (primary N) is 1. The zero-order valence-corrected chi connectivity index (χ0v) is 24.2. The normalized spacial score (nSPS) is 20.0. The molecule has 42 heavy (non-hydrogen) atoms. The van der Waals surface area contributed by atoms with Crippen molar-refractivity contribution in [3.63, 3.8) is 0 Å². The summed E-state index contributed by atoms with van der Waals surface area (Å²) in [6.07, 6.45) is 5.29. The van der Waals surface area contributed by atoms with Crippen molar-refractivity contribution in [3.8, 4) is 17.0 Å². The first-order valence-electron chi connectivity index (χ1n) is 14.6. The summed E-state index contributed by atoms with van der Waals surface area (Å²) in [5.41, 5.74) is 10.0. The molecular formula is C31H38N8O3. The number of fused-ring (bicyclic) bond motifs is 1. The molecule has 2 aliphatic rings. The number of hydrogen-bond acceptors (Lipinski definition) is 9. The van der Waals surface area contributed by atoms with E-state index in [0.717, 1.165) is 74.0 Å². The number of nitrogens with one attached hydrogen (secondary N) is 1. The van der Waals surface area contributed by atoms with Gasteiger partial charge in [-0.3, -0.25) is 10.2 Å². The lowest BCUT2D eigenvalue weighted by Crippen LogP contribution is -2.49. The van der Waals surface area contributed by atoms with Crippen LogP contribution in [0.15, 0.2) is 54.9 Å². The van der Waals surface area contributed by atoms with Crippen molar-refractivity contribution in [1.29, 1.82) is 0 Å². The van der Waals surface area contributed by atoms with E-state index in [1.165, 1.54) is 6.33 Å². The van der Waals surface area contributed by atoms with Crippen LogP contribution in [-0.2, 0) is 11.3 Å². The summed E-state index contributed by atoms with van der Waals surface area (Å²) >= 11 is 0. The van der Waals surface area contributed by atoms with Crippen molar-refractivity contribution in [1.82, 2.24) is 29.5 Å². The van der Waals surface area contributed by atoms with E-state index >= 15 is 0 Å². The summed E-state index contributed by atoms with van der Waals surface area (Å²) < 4.78 is 13.1. The summed E-state index contributed by atoms with van der Waals surface area (Å²) in [4.78, 5) is 26.4. The number of methoxy groups -OCH3 is 1. The fourth-order valence-corrected chi connectivity index (χ4v) is 6.12. The van der Waals surface area contributed by atoms with Gasteiger partial charge in [0.2, 0.25) is 0 Å². The number of nitrogen functional groups attached to an aromatic ring is 1. The zero-order chi connectivity index (χ0) is 29.1. The number of hydrogen-bond donors (Lipinski definition) is 2. The predicted molar refractivity (Wildman–Crippen MR) is 162 cm³/mol. The summed E-state index contributed by atoms with van der Waals surface area (Å²) in [5, 5.41) is 8.57. The molecule has 1 saturated heterocycles. The third-order valence-corrected chi connectivity index (χ3v) is 8.51. The van der Waals surface area contributed by atoms with Crippen LogP contribution in [0.1, 0.15) is 37.3 Å². The van der Waals surface area contributed by atoms with Crippen molar-refractivity contribution >= 4 is 28.6 Å². The lowest BCUT2D eigenvalue weighted by molar-refractivity contribution is 0.0815. The second-order valence-electron chi connectivity index (χ2n) is 11.2. The second kappa shape index (κ2) is 12.3. The number of carbonyl (C=O) groups excluding carboxylic acids is 1. The van der Waals surface area contributed by atoms with Gasteiger partial charge in [-0.15, -0.1) is 0 Å². The largest absolute Gasteiger partial charge is 0.495 e. The molecule has 2 aromatic heterocycles. The Balaban J connectivity index is 1.21. The van der Waals surface area contributed by atoms with Gasteiger partial charge in [0.1, 0.15) is 30.2 Å². The lowest BCUT2D eigenvalue weighted by Gasteiger charge is -2.41. The van der Waals surface area contributed by atoms with Crippen LogP contribution in [0.2, 0.25) is 0 Å². The van der Waals surface area contributed by atoms with Crippen LogP contribution >= 0.6 is 0 Å². The second-order valence-corrected chi connectivity index (χ2v) is 11.2. The first-order valence-corrected chi connectivity index (χ1v) is 14.6. The van der Waals surface area contributed by atoms with Crippen LogP contribution in [-0.4, -0.2) is 82.0 Å². The third-order valence-electron chi connectivity index (χ3n) is 8.51. The average molecular weight is 571 g/mol. The number of piperazine rings is 1. The van der Waals surface area contributed by atoms with Gasteiger partial charge in [0.05, 0.1) is 24.2 Å². The summed E-state index contributed by atoms with van der Waals surface area (Å²) in [6, 6.07) is 15.9. The molecule has 11 heteroatoms. The number of nitrogens with zero attached hydrogens (tertiary/aromatic N) is 6. The van der Waals surface area contributed by atoms with Gasteiger partial charge >= 0.3 is 6.09 Å².